The van der Waals surface area contributed by atoms with Crippen LogP contribution >= 0.6 is 0 Å². The lowest BCUT2D eigenvalue weighted by Crippen LogP contribution is -3.15. The molecule has 7 nitrogen and oxygen atoms in total. The minimum atomic E-state index is -0.490. The normalized spacial score (nSPS) is 14.4. The number of benzene rings is 2. The topological polar surface area (TPSA) is 80.2 Å². The van der Waals surface area contributed by atoms with E-state index >= 15 is 0 Å². The number of para-hydroxylation sites is 1. The van der Waals surface area contributed by atoms with E-state index in [1.165, 1.54) is 7.11 Å². The Morgan fingerprint density at radius 1 is 1.00 bits per heavy atom. The Bertz CT molecular complexity index is 846. The number of amides is 2. The van der Waals surface area contributed by atoms with Gasteiger partial charge in [-0.1, -0.05) is 30.3 Å². The van der Waals surface area contributed by atoms with Crippen molar-refractivity contribution in [3.63, 3.8) is 0 Å². The van der Waals surface area contributed by atoms with Crippen molar-refractivity contribution in [1.29, 1.82) is 0 Å². The predicted octanol–water partition coefficient (Wildman–Crippen LogP) is 0.453. The molecule has 0 bridgehead atoms. The van der Waals surface area contributed by atoms with Crippen molar-refractivity contribution in [1.82, 2.24) is 4.90 Å². The molecule has 0 radical (unpaired) electrons. The van der Waals surface area contributed by atoms with Crippen molar-refractivity contribution in [3.8, 4) is 0 Å². The number of nitrogens with zero attached hydrogens (tertiary/aromatic N) is 1. The molecule has 0 saturated carbocycles. The van der Waals surface area contributed by atoms with Gasteiger partial charge in [0.25, 0.3) is 11.8 Å². The average molecular weight is 382 g/mol. The highest BCUT2D eigenvalue weighted by atomic mass is 16.5. The Kier molecular flexibility index (Phi) is 6.39. The second-order valence-corrected chi connectivity index (χ2v) is 6.67. The zero-order chi connectivity index (χ0) is 19.9. The monoisotopic (exact) mass is 382 g/mol. The van der Waals surface area contributed by atoms with Crippen molar-refractivity contribution < 1.29 is 24.0 Å². The number of esters is 1. The molecule has 0 spiro atoms. The second-order valence-electron chi connectivity index (χ2n) is 6.67. The maximum atomic E-state index is 12.5. The van der Waals surface area contributed by atoms with Crippen LogP contribution in [0, 0.1) is 0 Å². The first-order valence-corrected chi connectivity index (χ1v) is 9.23. The summed E-state index contributed by atoms with van der Waals surface area (Å²) in [7, 11) is 1.31. The van der Waals surface area contributed by atoms with Crippen molar-refractivity contribution >= 4 is 23.5 Å². The fraction of sp³-hybridized carbons (Fsp3) is 0.286. The van der Waals surface area contributed by atoms with E-state index in [2.05, 4.69) is 5.32 Å². The zero-order valence-electron chi connectivity index (χ0n) is 15.8. The molecule has 2 aromatic carbocycles. The van der Waals surface area contributed by atoms with E-state index in [0.29, 0.717) is 43.0 Å². The van der Waals surface area contributed by atoms with Gasteiger partial charge in [-0.05, 0) is 24.3 Å². The molecule has 1 fully saturated rings. The van der Waals surface area contributed by atoms with E-state index in [-0.39, 0.29) is 18.4 Å². The number of hydrogen-bond donors (Lipinski definition) is 2. The van der Waals surface area contributed by atoms with Gasteiger partial charge in [0.1, 0.15) is 0 Å². The number of hydrogen-bond acceptors (Lipinski definition) is 4. The molecule has 2 aromatic rings. The first kappa shape index (κ1) is 19.6. The SMILES string of the molecule is COC(=O)c1ccccc1NC(=O)C[NH+]1CCN(C(=O)c2ccccc2)CC1. The van der Waals surface area contributed by atoms with Gasteiger partial charge >= 0.3 is 5.97 Å². The number of carbonyl (C=O) groups excluding carboxylic acids is 3. The number of methoxy groups -OCH3 is 1. The minimum absolute atomic E-state index is 0.0242. The average Bonchev–Trinajstić information content (AvgIpc) is 2.74. The van der Waals surface area contributed by atoms with E-state index in [9.17, 15) is 14.4 Å². The van der Waals surface area contributed by atoms with Crippen LogP contribution in [0.4, 0.5) is 5.69 Å². The molecule has 3 rings (SSSR count). The Labute approximate surface area is 163 Å². The summed E-state index contributed by atoms with van der Waals surface area (Å²) in [4.78, 5) is 39.6. The number of carbonyl (C=O) groups is 3. The number of quaternary nitrogens is 1. The fourth-order valence-electron chi connectivity index (χ4n) is 3.27. The number of rotatable bonds is 5. The smallest absolute Gasteiger partial charge is 0.339 e. The number of anilines is 1. The highest BCUT2D eigenvalue weighted by molar-refractivity contribution is 6.01. The van der Waals surface area contributed by atoms with Gasteiger partial charge in [-0.25, -0.2) is 4.79 Å². The fourth-order valence-corrected chi connectivity index (χ4v) is 3.27. The van der Waals surface area contributed by atoms with Crippen LogP contribution in [0.1, 0.15) is 20.7 Å². The number of piperazine rings is 1. The van der Waals surface area contributed by atoms with Crippen LogP contribution in [0.2, 0.25) is 0 Å². The van der Waals surface area contributed by atoms with Crippen LogP contribution in [-0.4, -0.2) is 62.5 Å². The molecule has 2 N–H and O–H groups in total. The van der Waals surface area contributed by atoms with Crippen molar-refractivity contribution in [2.75, 3.05) is 45.2 Å². The third-order valence-electron chi connectivity index (χ3n) is 4.80. The quantitative estimate of drug-likeness (QED) is 0.736. The highest BCUT2D eigenvalue weighted by Crippen LogP contribution is 2.15. The van der Waals surface area contributed by atoms with Gasteiger partial charge in [0.2, 0.25) is 0 Å². The highest BCUT2D eigenvalue weighted by Gasteiger charge is 2.26. The first-order chi connectivity index (χ1) is 13.6. The third kappa shape index (κ3) is 4.75. The summed E-state index contributed by atoms with van der Waals surface area (Å²) in [6, 6.07) is 16.0. The molecule has 28 heavy (non-hydrogen) atoms. The summed E-state index contributed by atoms with van der Waals surface area (Å²) in [5, 5.41) is 2.79. The summed E-state index contributed by atoms with van der Waals surface area (Å²) < 4.78 is 4.75. The van der Waals surface area contributed by atoms with Gasteiger partial charge in [-0.15, -0.1) is 0 Å². The Morgan fingerprint density at radius 3 is 2.32 bits per heavy atom. The number of ether oxygens (including phenoxy) is 1. The molecular weight excluding hydrogens is 358 g/mol. The molecule has 2 amide bonds. The van der Waals surface area contributed by atoms with Crippen molar-refractivity contribution in [3.05, 3.63) is 65.7 Å². The van der Waals surface area contributed by atoms with E-state index < -0.39 is 5.97 Å². The van der Waals surface area contributed by atoms with Gasteiger partial charge in [0.15, 0.2) is 6.54 Å². The maximum Gasteiger partial charge on any atom is 0.339 e. The molecule has 0 aromatic heterocycles. The molecule has 7 heteroatoms. The third-order valence-corrected chi connectivity index (χ3v) is 4.80. The number of nitrogens with one attached hydrogen (secondary N) is 2. The van der Waals surface area contributed by atoms with Crippen LogP contribution in [0.15, 0.2) is 54.6 Å². The van der Waals surface area contributed by atoms with E-state index in [0.717, 1.165) is 4.90 Å². The molecule has 0 atom stereocenters. The van der Waals surface area contributed by atoms with Crippen LogP contribution < -0.4 is 10.2 Å². The lowest BCUT2D eigenvalue weighted by atomic mass is 10.1. The van der Waals surface area contributed by atoms with E-state index in [4.69, 9.17) is 4.74 Å². The molecule has 1 heterocycles. The maximum absolute atomic E-state index is 12.5. The van der Waals surface area contributed by atoms with Crippen molar-refractivity contribution in [2.24, 2.45) is 0 Å². The molecular formula is C21H24N3O4+. The van der Waals surface area contributed by atoms with Crippen LogP contribution in [0.25, 0.3) is 0 Å². The Hall–Kier alpha value is -3.19. The van der Waals surface area contributed by atoms with Crippen LogP contribution in [0.5, 0.6) is 0 Å². The Balaban J connectivity index is 1.52. The van der Waals surface area contributed by atoms with Gasteiger partial charge in [0, 0.05) is 5.56 Å². The summed E-state index contributed by atoms with van der Waals surface area (Å²) in [5.41, 5.74) is 1.45. The molecule has 146 valence electrons. The molecule has 1 saturated heterocycles. The van der Waals surface area contributed by atoms with Gasteiger partial charge in [0.05, 0.1) is 44.5 Å². The van der Waals surface area contributed by atoms with Gasteiger partial charge < -0.3 is 19.9 Å². The lowest BCUT2D eigenvalue weighted by Gasteiger charge is -2.32. The van der Waals surface area contributed by atoms with Gasteiger partial charge in [-0.2, -0.15) is 0 Å². The largest absolute Gasteiger partial charge is 0.465 e. The Morgan fingerprint density at radius 2 is 1.64 bits per heavy atom. The minimum Gasteiger partial charge on any atom is -0.465 e. The summed E-state index contributed by atoms with van der Waals surface area (Å²) in [6.07, 6.45) is 0. The molecule has 1 aliphatic rings. The summed E-state index contributed by atoms with van der Waals surface area (Å²) >= 11 is 0. The van der Waals surface area contributed by atoms with Gasteiger partial charge in [-0.3, -0.25) is 9.59 Å². The molecule has 0 unspecified atom stereocenters. The molecule has 1 aliphatic heterocycles. The van der Waals surface area contributed by atoms with Crippen LogP contribution in [-0.2, 0) is 9.53 Å². The second kappa shape index (κ2) is 9.14. The summed E-state index contributed by atoms with van der Waals surface area (Å²) in [6.45, 7) is 2.89. The van der Waals surface area contributed by atoms with Crippen molar-refractivity contribution in [2.45, 2.75) is 0 Å². The summed E-state index contributed by atoms with van der Waals surface area (Å²) in [5.74, 6) is -0.637. The molecule has 0 aliphatic carbocycles. The zero-order valence-corrected chi connectivity index (χ0v) is 15.8. The lowest BCUT2D eigenvalue weighted by molar-refractivity contribution is -0.895. The van der Waals surface area contributed by atoms with Crippen LogP contribution in [0.3, 0.4) is 0 Å². The van der Waals surface area contributed by atoms with E-state index in [1.807, 2.05) is 35.2 Å². The first-order valence-electron chi connectivity index (χ1n) is 9.23. The van der Waals surface area contributed by atoms with E-state index in [1.54, 1.807) is 24.3 Å². The standard InChI is InChI=1S/C21H23N3O4/c1-28-21(27)17-9-5-6-10-18(17)22-19(25)15-23-11-13-24(14-12-23)20(26)16-7-3-2-4-8-16/h2-10H,11-15H2,1H3,(H,22,25)/p+1. The predicted molar refractivity (Wildman–Crippen MR) is 104 cm³/mol.